The van der Waals surface area contributed by atoms with Crippen molar-refractivity contribution in [3.05, 3.63) is 23.9 Å². The van der Waals surface area contributed by atoms with Gasteiger partial charge in [-0.2, -0.15) is 0 Å². The molecule has 3 N–H and O–H groups in total. The third-order valence-corrected chi connectivity index (χ3v) is 4.04. The molecule has 0 spiro atoms. The first-order chi connectivity index (χ1) is 12.3. The third-order valence-electron chi connectivity index (χ3n) is 4.04. The Kier molecular flexibility index (Phi) is 9.65. The van der Waals surface area contributed by atoms with Gasteiger partial charge < -0.3 is 16.0 Å². The van der Waals surface area contributed by atoms with Crippen molar-refractivity contribution in [1.82, 2.24) is 20.5 Å². The monoisotopic (exact) mass is 362 g/mol. The van der Waals surface area contributed by atoms with Crippen LogP contribution in [0.5, 0.6) is 0 Å². The van der Waals surface area contributed by atoms with Crippen LogP contribution in [0.25, 0.3) is 0 Å². The fourth-order valence-corrected chi connectivity index (χ4v) is 2.68. The van der Waals surface area contributed by atoms with Gasteiger partial charge in [0.15, 0.2) is 5.96 Å². The Balaban J connectivity index is 2.29. The van der Waals surface area contributed by atoms with Gasteiger partial charge in [-0.15, -0.1) is 0 Å². The highest BCUT2D eigenvalue weighted by molar-refractivity contribution is 5.90. The Morgan fingerprint density at radius 1 is 1.15 bits per heavy atom. The number of rotatable bonds is 9. The van der Waals surface area contributed by atoms with Crippen molar-refractivity contribution in [2.24, 2.45) is 4.99 Å². The molecule has 1 aromatic rings. The van der Waals surface area contributed by atoms with E-state index in [-0.39, 0.29) is 5.91 Å². The average molecular weight is 363 g/mol. The van der Waals surface area contributed by atoms with E-state index in [1.165, 1.54) is 0 Å². The number of hydrogen-bond acceptors (Lipinski definition) is 4. The third kappa shape index (κ3) is 8.29. The van der Waals surface area contributed by atoms with Gasteiger partial charge in [-0.25, -0.2) is 4.98 Å². The predicted molar refractivity (Wildman–Crippen MR) is 109 cm³/mol. The summed E-state index contributed by atoms with van der Waals surface area (Å²) < 4.78 is 0. The zero-order chi connectivity index (χ0) is 19.5. The minimum Gasteiger partial charge on any atom is -0.356 e. The van der Waals surface area contributed by atoms with Crippen LogP contribution in [-0.2, 0) is 4.79 Å². The Bertz CT molecular complexity index is 560. The number of guanidine groups is 1. The van der Waals surface area contributed by atoms with Crippen molar-refractivity contribution in [2.45, 2.75) is 53.1 Å². The number of aromatic nitrogens is 1. The fraction of sp³-hybridized carbons (Fsp3) is 0.632. The van der Waals surface area contributed by atoms with Crippen LogP contribution in [0, 0.1) is 6.92 Å². The summed E-state index contributed by atoms with van der Waals surface area (Å²) in [4.78, 5) is 22.7. The molecule has 1 amide bonds. The number of aliphatic imine (C=N–C) groups is 1. The SMILES string of the molecule is CN=C(NCCC(=O)Nc1ccc(C)cn1)NCCN(C(C)C)C(C)C. The van der Waals surface area contributed by atoms with Crippen molar-refractivity contribution < 1.29 is 4.79 Å². The molecule has 146 valence electrons. The van der Waals surface area contributed by atoms with Crippen LogP contribution in [0.15, 0.2) is 23.3 Å². The number of anilines is 1. The predicted octanol–water partition coefficient (Wildman–Crippen LogP) is 2.00. The van der Waals surface area contributed by atoms with E-state index in [1.807, 2.05) is 13.0 Å². The maximum atomic E-state index is 12.0. The van der Waals surface area contributed by atoms with E-state index >= 15 is 0 Å². The zero-order valence-electron chi connectivity index (χ0n) is 17.0. The first-order valence-corrected chi connectivity index (χ1v) is 9.26. The second kappa shape index (κ2) is 11.5. The van der Waals surface area contributed by atoms with E-state index in [1.54, 1.807) is 19.3 Å². The van der Waals surface area contributed by atoms with Gasteiger partial charge in [-0.3, -0.25) is 14.7 Å². The van der Waals surface area contributed by atoms with E-state index in [9.17, 15) is 4.79 Å². The highest BCUT2D eigenvalue weighted by Crippen LogP contribution is 2.04. The number of pyridine rings is 1. The minimum atomic E-state index is -0.0740. The molecule has 0 aromatic carbocycles. The van der Waals surface area contributed by atoms with E-state index in [4.69, 9.17) is 0 Å². The summed E-state index contributed by atoms with van der Waals surface area (Å²) in [5, 5.41) is 9.25. The van der Waals surface area contributed by atoms with E-state index in [2.05, 4.69) is 58.5 Å². The summed E-state index contributed by atoms with van der Waals surface area (Å²) in [6.45, 7) is 13.0. The largest absolute Gasteiger partial charge is 0.356 e. The van der Waals surface area contributed by atoms with Gasteiger partial charge in [0, 0.05) is 51.4 Å². The lowest BCUT2D eigenvalue weighted by Crippen LogP contribution is -2.45. The number of hydrogen-bond donors (Lipinski definition) is 3. The normalized spacial score (nSPS) is 12.0. The van der Waals surface area contributed by atoms with Gasteiger partial charge in [-0.05, 0) is 46.2 Å². The summed E-state index contributed by atoms with van der Waals surface area (Å²) in [7, 11) is 1.73. The molecule has 0 atom stereocenters. The van der Waals surface area contributed by atoms with Crippen LogP contribution in [0.3, 0.4) is 0 Å². The molecule has 7 nitrogen and oxygen atoms in total. The maximum absolute atomic E-state index is 12.0. The number of carbonyl (C=O) groups is 1. The van der Waals surface area contributed by atoms with Crippen molar-refractivity contribution in [1.29, 1.82) is 0 Å². The van der Waals surface area contributed by atoms with Crippen LogP contribution < -0.4 is 16.0 Å². The number of carbonyl (C=O) groups excluding carboxylic acids is 1. The molecule has 0 bridgehead atoms. The molecule has 1 rings (SSSR count). The standard InChI is InChI=1S/C19H34N6O/c1-14(2)25(15(3)4)12-11-22-19(20-6)21-10-9-18(26)24-17-8-7-16(5)13-23-17/h7-8,13-15H,9-12H2,1-6H3,(H2,20,21,22)(H,23,24,26). The molecule has 26 heavy (non-hydrogen) atoms. The smallest absolute Gasteiger partial charge is 0.227 e. The molecule has 0 aliphatic rings. The lowest BCUT2D eigenvalue weighted by molar-refractivity contribution is -0.116. The van der Waals surface area contributed by atoms with Crippen molar-refractivity contribution in [3.63, 3.8) is 0 Å². The van der Waals surface area contributed by atoms with Crippen molar-refractivity contribution in [3.8, 4) is 0 Å². The van der Waals surface area contributed by atoms with Crippen molar-refractivity contribution >= 4 is 17.7 Å². The van der Waals surface area contributed by atoms with E-state index in [0.717, 1.165) is 18.7 Å². The van der Waals surface area contributed by atoms with Crippen LogP contribution in [0.2, 0.25) is 0 Å². The van der Waals surface area contributed by atoms with Crippen LogP contribution in [0.1, 0.15) is 39.7 Å². The van der Waals surface area contributed by atoms with Crippen LogP contribution >= 0.6 is 0 Å². The molecule has 0 unspecified atom stereocenters. The van der Waals surface area contributed by atoms with Crippen molar-refractivity contribution in [2.75, 3.05) is 32.0 Å². The lowest BCUT2D eigenvalue weighted by atomic mass is 10.2. The molecule has 0 aliphatic carbocycles. The van der Waals surface area contributed by atoms with E-state index in [0.29, 0.717) is 36.8 Å². The topological polar surface area (TPSA) is 81.6 Å². The molecular weight excluding hydrogens is 328 g/mol. The molecular formula is C19H34N6O. The Morgan fingerprint density at radius 2 is 1.81 bits per heavy atom. The number of aryl methyl sites for hydroxylation is 1. The highest BCUT2D eigenvalue weighted by atomic mass is 16.1. The molecule has 7 heteroatoms. The first kappa shape index (κ1) is 21.9. The first-order valence-electron chi connectivity index (χ1n) is 9.26. The van der Waals surface area contributed by atoms with Gasteiger partial charge in [-0.1, -0.05) is 6.07 Å². The molecule has 1 aromatic heterocycles. The fourth-order valence-electron chi connectivity index (χ4n) is 2.68. The number of nitrogens with zero attached hydrogens (tertiary/aromatic N) is 3. The summed E-state index contributed by atoms with van der Waals surface area (Å²) in [6.07, 6.45) is 2.08. The number of nitrogens with one attached hydrogen (secondary N) is 3. The Morgan fingerprint density at radius 3 is 2.35 bits per heavy atom. The molecule has 0 saturated heterocycles. The second-order valence-corrected chi connectivity index (χ2v) is 6.87. The summed E-state index contributed by atoms with van der Waals surface area (Å²) in [5.41, 5.74) is 1.06. The molecule has 0 radical (unpaired) electrons. The summed E-state index contributed by atoms with van der Waals surface area (Å²) in [6, 6.07) is 4.73. The molecule has 0 aliphatic heterocycles. The van der Waals surface area contributed by atoms with Gasteiger partial charge in [0.1, 0.15) is 5.82 Å². The Hall–Kier alpha value is -2.15. The number of amides is 1. The van der Waals surface area contributed by atoms with E-state index < -0.39 is 0 Å². The van der Waals surface area contributed by atoms with Gasteiger partial charge >= 0.3 is 0 Å². The zero-order valence-corrected chi connectivity index (χ0v) is 17.0. The molecule has 0 saturated carbocycles. The molecule has 0 fully saturated rings. The minimum absolute atomic E-state index is 0.0740. The Labute approximate surface area is 157 Å². The summed E-state index contributed by atoms with van der Waals surface area (Å²) in [5.74, 6) is 1.21. The van der Waals surface area contributed by atoms with Gasteiger partial charge in [0.2, 0.25) is 5.91 Å². The second-order valence-electron chi connectivity index (χ2n) is 6.87. The lowest BCUT2D eigenvalue weighted by Gasteiger charge is -2.30. The van der Waals surface area contributed by atoms with Gasteiger partial charge in [0.05, 0.1) is 0 Å². The summed E-state index contributed by atoms with van der Waals surface area (Å²) >= 11 is 0. The van der Waals surface area contributed by atoms with Crippen LogP contribution in [-0.4, -0.2) is 60.5 Å². The molecule has 1 heterocycles. The quantitative estimate of drug-likeness (QED) is 0.462. The average Bonchev–Trinajstić information content (AvgIpc) is 2.58. The van der Waals surface area contributed by atoms with Crippen LogP contribution in [0.4, 0.5) is 5.82 Å². The highest BCUT2D eigenvalue weighted by Gasteiger charge is 2.12. The maximum Gasteiger partial charge on any atom is 0.227 e. The van der Waals surface area contributed by atoms with Gasteiger partial charge in [0.25, 0.3) is 0 Å².